The van der Waals surface area contributed by atoms with E-state index in [1.807, 2.05) is 6.92 Å². The number of amides is 1. The van der Waals surface area contributed by atoms with Crippen molar-refractivity contribution in [3.05, 3.63) is 23.8 Å². The van der Waals surface area contributed by atoms with Gasteiger partial charge in [-0.05, 0) is 25.5 Å². The van der Waals surface area contributed by atoms with Gasteiger partial charge < -0.3 is 20.9 Å². The predicted molar refractivity (Wildman–Crippen MR) is 71.2 cm³/mol. The minimum Gasteiger partial charge on any atom is -0.480 e. The second-order valence-corrected chi connectivity index (χ2v) is 4.08. The van der Waals surface area contributed by atoms with Crippen LogP contribution in [0.15, 0.2) is 18.2 Å². The van der Waals surface area contributed by atoms with Crippen molar-refractivity contribution < 1.29 is 19.4 Å². The van der Waals surface area contributed by atoms with Crippen LogP contribution < -0.4 is 15.8 Å². The number of benzene rings is 1. The molecular weight excluding hydrogens is 248 g/mol. The van der Waals surface area contributed by atoms with E-state index in [4.69, 9.17) is 15.6 Å². The molecule has 0 aliphatic rings. The fourth-order valence-corrected chi connectivity index (χ4v) is 1.51. The number of nitrogens with two attached hydrogens (primary N) is 1. The third kappa shape index (κ3) is 3.87. The molecule has 19 heavy (non-hydrogen) atoms. The molecule has 6 heteroatoms. The Bertz CT molecular complexity index is 474. The first-order valence-electron chi connectivity index (χ1n) is 6.03. The molecule has 0 spiro atoms. The number of rotatable bonds is 6. The third-order valence-corrected chi connectivity index (χ3v) is 2.49. The molecule has 0 saturated heterocycles. The number of hydrogen-bond acceptors (Lipinski definition) is 4. The maximum Gasteiger partial charge on any atom is 0.341 e. The van der Waals surface area contributed by atoms with E-state index in [9.17, 15) is 9.59 Å². The number of carboxylic acids is 1. The summed E-state index contributed by atoms with van der Waals surface area (Å²) in [4.78, 5) is 22.8. The highest BCUT2D eigenvalue weighted by Crippen LogP contribution is 2.25. The average Bonchev–Trinajstić information content (AvgIpc) is 2.35. The van der Waals surface area contributed by atoms with Gasteiger partial charge >= 0.3 is 5.97 Å². The molecule has 1 aromatic rings. The van der Waals surface area contributed by atoms with Crippen LogP contribution in [0.4, 0.5) is 5.69 Å². The van der Waals surface area contributed by atoms with Crippen molar-refractivity contribution >= 4 is 17.6 Å². The lowest BCUT2D eigenvalue weighted by molar-refractivity contribution is -0.127. The van der Waals surface area contributed by atoms with Gasteiger partial charge in [0.15, 0.2) is 6.10 Å². The SMILES string of the molecule is CCCNC(=O)C(C)Oc1cccc(N)c1C(=O)O. The van der Waals surface area contributed by atoms with Gasteiger partial charge in [-0.1, -0.05) is 13.0 Å². The molecule has 0 aliphatic heterocycles. The Hall–Kier alpha value is -2.24. The molecule has 0 fully saturated rings. The number of ether oxygens (including phenoxy) is 1. The molecule has 1 rings (SSSR count). The fourth-order valence-electron chi connectivity index (χ4n) is 1.51. The molecule has 4 N–H and O–H groups in total. The van der Waals surface area contributed by atoms with Crippen LogP contribution in [0.2, 0.25) is 0 Å². The maximum absolute atomic E-state index is 11.7. The molecular formula is C13H18N2O4. The second kappa shape index (κ2) is 6.63. The molecule has 6 nitrogen and oxygen atoms in total. The number of hydrogen-bond donors (Lipinski definition) is 3. The summed E-state index contributed by atoms with van der Waals surface area (Å²) in [5, 5.41) is 11.8. The highest BCUT2D eigenvalue weighted by molar-refractivity contribution is 5.97. The van der Waals surface area contributed by atoms with Crippen LogP contribution in [0.25, 0.3) is 0 Å². The number of carbonyl (C=O) groups excluding carboxylic acids is 1. The van der Waals surface area contributed by atoms with Gasteiger partial charge in [-0.25, -0.2) is 4.79 Å². The number of aromatic carboxylic acids is 1. The average molecular weight is 266 g/mol. The van der Waals surface area contributed by atoms with E-state index in [-0.39, 0.29) is 22.9 Å². The summed E-state index contributed by atoms with van der Waals surface area (Å²) >= 11 is 0. The third-order valence-electron chi connectivity index (χ3n) is 2.49. The van der Waals surface area contributed by atoms with Gasteiger partial charge in [0.05, 0.1) is 0 Å². The number of anilines is 1. The van der Waals surface area contributed by atoms with Crippen LogP contribution in [-0.4, -0.2) is 29.6 Å². The molecule has 1 amide bonds. The first-order valence-corrected chi connectivity index (χ1v) is 6.03. The van der Waals surface area contributed by atoms with E-state index in [0.717, 1.165) is 6.42 Å². The van der Waals surface area contributed by atoms with Crippen molar-refractivity contribution in [2.45, 2.75) is 26.4 Å². The lowest BCUT2D eigenvalue weighted by Gasteiger charge is -2.16. The van der Waals surface area contributed by atoms with E-state index in [0.29, 0.717) is 6.54 Å². The Labute approximate surface area is 111 Å². The summed E-state index contributed by atoms with van der Waals surface area (Å²) in [5.74, 6) is -1.39. The van der Waals surface area contributed by atoms with Crippen LogP contribution >= 0.6 is 0 Å². The first-order chi connectivity index (χ1) is 8.97. The summed E-state index contributed by atoms with van der Waals surface area (Å²) in [6.07, 6.45) is 0.0309. The standard InChI is InChI=1S/C13H18N2O4/c1-3-7-15-12(16)8(2)19-10-6-4-5-9(14)11(10)13(17)18/h4-6,8H,3,7,14H2,1-2H3,(H,15,16)(H,17,18). The Kier molecular flexibility index (Phi) is 5.17. The molecule has 0 saturated carbocycles. The predicted octanol–water partition coefficient (Wildman–Crippen LogP) is 1.26. The molecule has 0 bridgehead atoms. The smallest absolute Gasteiger partial charge is 0.341 e. The fraction of sp³-hybridized carbons (Fsp3) is 0.385. The van der Waals surface area contributed by atoms with Crippen molar-refractivity contribution in [3.8, 4) is 5.75 Å². The summed E-state index contributed by atoms with van der Waals surface area (Å²) in [6.45, 7) is 4.04. The topological polar surface area (TPSA) is 102 Å². The van der Waals surface area contributed by atoms with Crippen LogP contribution in [-0.2, 0) is 4.79 Å². The zero-order valence-corrected chi connectivity index (χ0v) is 11.0. The van der Waals surface area contributed by atoms with Gasteiger partial charge in [0.1, 0.15) is 11.3 Å². The van der Waals surface area contributed by atoms with E-state index in [2.05, 4.69) is 5.32 Å². The minimum absolute atomic E-state index is 0.0895. The maximum atomic E-state index is 11.7. The van der Waals surface area contributed by atoms with E-state index < -0.39 is 12.1 Å². The molecule has 0 aromatic heterocycles. The monoisotopic (exact) mass is 266 g/mol. The summed E-state index contributed by atoms with van der Waals surface area (Å²) in [6, 6.07) is 4.52. The van der Waals surface area contributed by atoms with E-state index in [1.165, 1.54) is 12.1 Å². The Morgan fingerprint density at radius 2 is 2.16 bits per heavy atom. The van der Waals surface area contributed by atoms with Crippen molar-refractivity contribution in [2.24, 2.45) is 0 Å². The van der Waals surface area contributed by atoms with Crippen LogP contribution in [0.1, 0.15) is 30.6 Å². The summed E-state index contributed by atoms with van der Waals surface area (Å²) in [7, 11) is 0. The zero-order valence-electron chi connectivity index (χ0n) is 11.0. The van der Waals surface area contributed by atoms with Crippen molar-refractivity contribution in [1.82, 2.24) is 5.32 Å². The number of carbonyl (C=O) groups is 2. The van der Waals surface area contributed by atoms with E-state index >= 15 is 0 Å². The lowest BCUT2D eigenvalue weighted by Crippen LogP contribution is -2.36. The number of carboxylic acid groups (broad SMARTS) is 1. The largest absolute Gasteiger partial charge is 0.480 e. The molecule has 1 unspecified atom stereocenters. The minimum atomic E-state index is -1.19. The molecule has 1 atom stereocenters. The van der Waals surface area contributed by atoms with Gasteiger partial charge in [-0.3, -0.25) is 4.79 Å². The van der Waals surface area contributed by atoms with Crippen LogP contribution in [0.5, 0.6) is 5.75 Å². The highest BCUT2D eigenvalue weighted by atomic mass is 16.5. The molecule has 0 heterocycles. The summed E-state index contributed by atoms with van der Waals surface area (Å²) in [5.41, 5.74) is 5.57. The van der Waals surface area contributed by atoms with Crippen molar-refractivity contribution in [3.63, 3.8) is 0 Å². The van der Waals surface area contributed by atoms with Gasteiger partial charge in [0.25, 0.3) is 5.91 Å². The van der Waals surface area contributed by atoms with Gasteiger partial charge in [0.2, 0.25) is 0 Å². The molecule has 0 radical (unpaired) electrons. The van der Waals surface area contributed by atoms with Gasteiger partial charge in [-0.15, -0.1) is 0 Å². The summed E-state index contributed by atoms with van der Waals surface area (Å²) < 4.78 is 5.37. The van der Waals surface area contributed by atoms with Crippen LogP contribution in [0, 0.1) is 0 Å². The molecule has 0 aliphatic carbocycles. The molecule has 104 valence electrons. The van der Waals surface area contributed by atoms with Gasteiger partial charge in [0, 0.05) is 12.2 Å². The first kappa shape index (κ1) is 14.8. The number of nitrogens with one attached hydrogen (secondary N) is 1. The molecule has 1 aromatic carbocycles. The zero-order chi connectivity index (χ0) is 14.4. The Morgan fingerprint density at radius 3 is 2.74 bits per heavy atom. The number of nitrogen functional groups attached to an aromatic ring is 1. The quantitative estimate of drug-likeness (QED) is 0.673. The van der Waals surface area contributed by atoms with Crippen LogP contribution in [0.3, 0.4) is 0 Å². The normalized spacial score (nSPS) is 11.7. The lowest BCUT2D eigenvalue weighted by atomic mass is 10.1. The Balaban J connectivity index is 2.85. The Morgan fingerprint density at radius 1 is 1.47 bits per heavy atom. The second-order valence-electron chi connectivity index (χ2n) is 4.08. The van der Waals surface area contributed by atoms with Gasteiger partial charge in [-0.2, -0.15) is 0 Å². The van der Waals surface area contributed by atoms with Crippen molar-refractivity contribution in [2.75, 3.05) is 12.3 Å². The van der Waals surface area contributed by atoms with Crippen molar-refractivity contribution in [1.29, 1.82) is 0 Å². The van der Waals surface area contributed by atoms with E-state index in [1.54, 1.807) is 13.0 Å². The highest BCUT2D eigenvalue weighted by Gasteiger charge is 2.20.